The Labute approximate surface area is 100 Å². The van der Waals surface area contributed by atoms with Crippen LogP contribution in [0.25, 0.3) is 10.9 Å². The maximum absolute atomic E-state index is 9.74. The number of aliphatic hydroxyl groups excluding tert-OH is 1. The van der Waals surface area contributed by atoms with E-state index in [0.29, 0.717) is 6.04 Å². The normalized spacial score (nSPS) is 26.8. The van der Waals surface area contributed by atoms with Crippen LogP contribution in [0.4, 0.5) is 5.69 Å². The number of aromatic amines is 1. The van der Waals surface area contributed by atoms with Gasteiger partial charge in [0.25, 0.3) is 0 Å². The highest BCUT2D eigenvalue weighted by atomic mass is 16.3. The van der Waals surface area contributed by atoms with Crippen LogP contribution in [0.15, 0.2) is 24.4 Å². The summed E-state index contributed by atoms with van der Waals surface area (Å²) >= 11 is 0. The van der Waals surface area contributed by atoms with Gasteiger partial charge in [0.2, 0.25) is 0 Å². The Bertz CT molecular complexity index is 546. The Morgan fingerprint density at radius 2 is 2.29 bits per heavy atom. The van der Waals surface area contributed by atoms with Gasteiger partial charge in [0, 0.05) is 22.5 Å². The number of hydrogen-bond donors (Lipinski definition) is 3. The molecule has 1 saturated carbocycles. The highest BCUT2D eigenvalue weighted by molar-refractivity contribution is 5.91. The Kier molecular flexibility index (Phi) is 2.16. The van der Waals surface area contributed by atoms with Gasteiger partial charge in [-0.3, -0.25) is 5.10 Å². The molecule has 1 fully saturated rings. The van der Waals surface area contributed by atoms with Gasteiger partial charge in [0.15, 0.2) is 0 Å². The largest absolute Gasteiger partial charge is 0.392 e. The van der Waals surface area contributed by atoms with Gasteiger partial charge < -0.3 is 10.4 Å². The van der Waals surface area contributed by atoms with E-state index in [9.17, 15) is 5.11 Å². The molecule has 4 heteroatoms. The lowest BCUT2D eigenvalue weighted by Gasteiger charge is -2.49. The van der Waals surface area contributed by atoms with Crippen molar-refractivity contribution in [3.05, 3.63) is 24.4 Å². The Balaban J connectivity index is 1.89. The molecule has 0 bridgehead atoms. The molecule has 3 N–H and O–H groups in total. The third-order valence-corrected chi connectivity index (χ3v) is 4.03. The lowest BCUT2D eigenvalue weighted by Crippen LogP contribution is -2.56. The second-order valence-corrected chi connectivity index (χ2v) is 5.41. The first-order chi connectivity index (χ1) is 8.09. The van der Waals surface area contributed by atoms with Gasteiger partial charge >= 0.3 is 0 Å². The molecule has 1 aromatic carbocycles. The van der Waals surface area contributed by atoms with Gasteiger partial charge in [-0.1, -0.05) is 19.9 Å². The number of benzene rings is 1. The maximum Gasteiger partial charge on any atom is 0.0671 e. The zero-order chi connectivity index (χ0) is 12.0. The fourth-order valence-electron chi connectivity index (χ4n) is 2.43. The number of aromatic nitrogens is 2. The first kappa shape index (κ1) is 10.6. The van der Waals surface area contributed by atoms with Crippen molar-refractivity contribution < 1.29 is 5.11 Å². The molecule has 2 atom stereocenters. The molecule has 2 unspecified atom stereocenters. The third kappa shape index (κ3) is 1.52. The van der Waals surface area contributed by atoms with E-state index in [-0.39, 0.29) is 11.5 Å². The van der Waals surface area contributed by atoms with Crippen molar-refractivity contribution in [2.75, 3.05) is 5.32 Å². The number of anilines is 1. The Morgan fingerprint density at radius 1 is 1.47 bits per heavy atom. The molecule has 4 nitrogen and oxygen atoms in total. The van der Waals surface area contributed by atoms with Crippen molar-refractivity contribution in [1.29, 1.82) is 0 Å². The second kappa shape index (κ2) is 3.47. The molecule has 1 heterocycles. The van der Waals surface area contributed by atoms with Crippen LogP contribution >= 0.6 is 0 Å². The quantitative estimate of drug-likeness (QED) is 0.742. The topological polar surface area (TPSA) is 60.9 Å². The van der Waals surface area contributed by atoms with Gasteiger partial charge in [0.1, 0.15) is 0 Å². The van der Waals surface area contributed by atoms with Crippen LogP contribution in [-0.4, -0.2) is 27.4 Å². The zero-order valence-corrected chi connectivity index (χ0v) is 10.1. The highest BCUT2D eigenvalue weighted by Crippen LogP contribution is 2.42. The predicted octanol–water partition coefficient (Wildman–Crippen LogP) is 2.13. The summed E-state index contributed by atoms with van der Waals surface area (Å²) in [5, 5.41) is 21.4. The molecular formula is C13H17N3O. The molecule has 1 aliphatic carbocycles. The van der Waals surface area contributed by atoms with Crippen molar-refractivity contribution >= 4 is 16.6 Å². The van der Waals surface area contributed by atoms with Crippen molar-refractivity contribution in [3.63, 3.8) is 0 Å². The predicted molar refractivity (Wildman–Crippen MR) is 67.9 cm³/mol. The molecule has 0 saturated heterocycles. The molecule has 0 aliphatic heterocycles. The zero-order valence-electron chi connectivity index (χ0n) is 10.1. The summed E-state index contributed by atoms with van der Waals surface area (Å²) in [4.78, 5) is 0. The van der Waals surface area contributed by atoms with Crippen LogP contribution in [0.2, 0.25) is 0 Å². The number of H-pyrrole nitrogens is 1. The average molecular weight is 231 g/mol. The summed E-state index contributed by atoms with van der Waals surface area (Å²) < 4.78 is 0. The molecule has 2 aromatic rings. The minimum Gasteiger partial charge on any atom is -0.392 e. The maximum atomic E-state index is 9.74. The van der Waals surface area contributed by atoms with E-state index in [2.05, 4.69) is 35.4 Å². The fraction of sp³-hybridized carbons (Fsp3) is 0.462. The fourth-order valence-corrected chi connectivity index (χ4v) is 2.43. The highest BCUT2D eigenvalue weighted by Gasteiger charge is 2.47. The third-order valence-electron chi connectivity index (χ3n) is 4.03. The van der Waals surface area contributed by atoms with Crippen LogP contribution in [0.3, 0.4) is 0 Å². The monoisotopic (exact) mass is 231 g/mol. The minimum absolute atomic E-state index is 0.0636. The second-order valence-electron chi connectivity index (χ2n) is 5.41. The van der Waals surface area contributed by atoms with E-state index in [4.69, 9.17) is 0 Å². The molecule has 0 amide bonds. The molecule has 90 valence electrons. The first-order valence-electron chi connectivity index (χ1n) is 5.96. The molecule has 0 radical (unpaired) electrons. The van der Waals surface area contributed by atoms with Gasteiger partial charge in [0.05, 0.1) is 17.8 Å². The smallest absolute Gasteiger partial charge is 0.0671 e. The van der Waals surface area contributed by atoms with Crippen molar-refractivity contribution in [1.82, 2.24) is 10.2 Å². The molecule has 17 heavy (non-hydrogen) atoms. The number of rotatable bonds is 2. The SMILES string of the molecule is CC1(C)C(O)CC1Nc1cccc2[nH]ncc12. The average Bonchev–Trinajstić information content (AvgIpc) is 2.77. The summed E-state index contributed by atoms with van der Waals surface area (Å²) in [6.07, 6.45) is 2.43. The van der Waals surface area contributed by atoms with Gasteiger partial charge in [-0.2, -0.15) is 5.10 Å². The van der Waals surface area contributed by atoms with E-state index in [0.717, 1.165) is 23.0 Å². The standard InChI is InChI=1S/C13H17N3O/c1-13(2)11(6-12(13)17)15-9-4-3-5-10-8(9)7-14-16-10/h3-5,7,11-12,15,17H,6H2,1-2H3,(H,14,16). The van der Waals surface area contributed by atoms with Crippen LogP contribution in [0.1, 0.15) is 20.3 Å². The summed E-state index contributed by atoms with van der Waals surface area (Å²) in [7, 11) is 0. The molecule has 1 aromatic heterocycles. The minimum atomic E-state index is -0.205. The number of nitrogens with one attached hydrogen (secondary N) is 2. The van der Waals surface area contributed by atoms with E-state index < -0.39 is 0 Å². The van der Waals surface area contributed by atoms with Crippen LogP contribution < -0.4 is 5.32 Å². The Morgan fingerprint density at radius 3 is 3.00 bits per heavy atom. The van der Waals surface area contributed by atoms with E-state index in [1.807, 2.05) is 18.3 Å². The van der Waals surface area contributed by atoms with Crippen molar-refractivity contribution in [2.24, 2.45) is 5.41 Å². The molecule has 0 spiro atoms. The molecule has 3 rings (SSSR count). The Hall–Kier alpha value is -1.55. The van der Waals surface area contributed by atoms with Crippen LogP contribution in [-0.2, 0) is 0 Å². The van der Waals surface area contributed by atoms with Crippen LogP contribution in [0, 0.1) is 5.41 Å². The lowest BCUT2D eigenvalue weighted by atomic mass is 9.64. The van der Waals surface area contributed by atoms with Crippen LogP contribution in [0.5, 0.6) is 0 Å². The summed E-state index contributed by atoms with van der Waals surface area (Å²) in [5.41, 5.74) is 2.06. The van der Waals surface area contributed by atoms with E-state index >= 15 is 0 Å². The summed E-state index contributed by atoms with van der Waals surface area (Å²) in [6, 6.07) is 6.38. The van der Waals surface area contributed by atoms with Gasteiger partial charge in [-0.15, -0.1) is 0 Å². The number of fused-ring (bicyclic) bond motifs is 1. The molecule has 1 aliphatic rings. The van der Waals surface area contributed by atoms with E-state index in [1.54, 1.807) is 0 Å². The van der Waals surface area contributed by atoms with Crippen molar-refractivity contribution in [3.8, 4) is 0 Å². The number of aliphatic hydroxyl groups is 1. The first-order valence-corrected chi connectivity index (χ1v) is 5.96. The molecular weight excluding hydrogens is 214 g/mol. The van der Waals surface area contributed by atoms with E-state index in [1.165, 1.54) is 0 Å². The lowest BCUT2D eigenvalue weighted by molar-refractivity contribution is -0.0510. The van der Waals surface area contributed by atoms with Gasteiger partial charge in [-0.05, 0) is 18.6 Å². The number of hydrogen-bond acceptors (Lipinski definition) is 3. The van der Waals surface area contributed by atoms with Gasteiger partial charge in [-0.25, -0.2) is 0 Å². The number of nitrogens with zero attached hydrogens (tertiary/aromatic N) is 1. The summed E-state index contributed by atoms with van der Waals surface area (Å²) in [6.45, 7) is 4.18. The van der Waals surface area contributed by atoms with Crippen molar-refractivity contribution in [2.45, 2.75) is 32.4 Å². The summed E-state index contributed by atoms with van der Waals surface area (Å²) in [5.74, 6) is 0.